The second kappa shape index (κ2) is 7.80. The molecule has 0 heterocycles. The average Bonchev–Trinajstić information content (AvgIpc) is 2.55. The average molecular weight is 314 g/mol. The molecule has 0 aliphatic heterocycles. The molecule has 1 N–H and O–H groups in total. The minimum Gasteiger partial charge on any atom is -0.497 e. The lowest BCUT2D eigenvalue weighted by Crippen LogP contribution is -2.36. The van der Waals surface area contributed by atoms with Crippen LogP contribution in [0.25, 0.3) is 0 Å². The smallest absolute Gasteiger partial charge is 0.169 e. The van der Waals surface area contributed by atoms with Gasteiger partial charge in [0.15, 0.2) is 5.11 Å². The Kier molecular flexibility index (Phi) is 5.78. The van der Waals surface area contributed by atoms with Gasteiger partial charge in [0.1, 0.15) is 5.75 Å². The van der Waals surface area contributed by atoms with Crippen LogP contribution in [0.2, 0.25) is 0 Å². The van der Waals surface area contributed by atoms with Crippen molar-refractivity contribution in [1.82, 2.24) is 10.2 Å². The third-order valence-electron chi connectivity index (χ3n) is 3.49. The number of aryl methyl sites for hydroxylation is 1. The van der Waals surface area contributed by atoms with E-state index in [0.717, 1.165) is 17.4 Å². The molecule has 0 saturated heterocycles. The maximum absolute atomic E-state index is 5.44. The summed E-state index contributed by atoms with van der Waals surface area (Å²) in [6, 6.07) is 16.5. The molecule has 0 aromatic heterocycles. The lowest BCUT2D eigenvalue weighted by atomic mass is 10.1. The van der Waals surface area contributed by atoms with Crippen molar-refractivity contribution in [2.24, 2.45) is 0 Å². The van der Waals surface area contributed by atoms with Gasteiger partial charge >= 0.3 is 0 Å². The summed E-state index contributed by atoms with van der Waals surface area (Å²) in [5, 5.41) is 4.03. The van der Waals surface area contributed by atoms with Crippen molar-refractivity contribution in [1.29, 1.82) is 0 Å². The second-order valence-corrected chi connectivity index (χ2v) is 5.74. The first-order valence-corrected chi connectivity index (χ1v) is 7.67. The number of rotatable bonds is 5. The highest BCUT2D eigenvalue weighted by molar-refractivity contribution is 7.80. The van der Waals surface area contributed by atoms with Crippen LogP contribution >= 0.6 is 12.2 Å². The minimum atomic E-state index is 0.709. The molecule has 0 saturated carbocycles. The Balaban J connectivity index is 1.84. The van der Waals surface area contributed by atoms with Crippen LogP contribution in [0.15, 0.2) is 48.5 Å². The summed E-state index contributed by atoms with van der Waals surface area (Å²) in [5.41, 5.74) is 3.69. The van der Waals surface area contributed by atoms with E-state index in [1.54, 1.807) is 7.11 Å². The van der Waals surface area contributed by atoms with Crippen LogP contribution in [0, 0.1) is 6.92 Å². The zero-order valence-corrected chi connectivity index (χ0v) is 14.1. The number of methoxy groups -OCH3 is 1. The summed E-state index contributed by atoms with van der Waals surface area (Å²) in [5.74, 6) is 0.864. The molecule has 0 unspecified atom stereocenters. The molecule has 2 rings (SSSR count). The highest BCUT2D eigenvalue weighted by Gasteiger charge is 2.05. The van der Waals surface area contributed by atoms with Crippen molar-refractivity contribution in [2.75, 3.05) is 14.2 Å². The number of benzene rings is 2. The van der Waals surface area contributed by atoms with Crippen LogP contribution < -0.4 is 10.1 Å². The fraction of sp³-hybridized carbons (Fsp3) is 0.278. The predicted octanol–water partition coefficient (Wildman–Crippen LogP) is 3.51. The molecule has 3 nitrogen and oxygen atoms in total. The Morgan fingerprint density at radius 2 is 1.64 bits per heavy atom. The molecule has 4 heteroatoms. The van der Waals surface area contributed by atoms with Gasteiger partial charge in [-0.1, -0.05) is 42.0 Å². The minimum absolute atomic E-state index is 0.709. The zero-order valence-electron chi connectivity index (χ0n) is 13.3. The third kappa shape index (κ3) is 4.74. The largest absolute Gasteiger partial charge is 0.497 e. The Hall–Kier alpha value is -2.07. The van der Waals surface area contributed by atoms with Gasteiger partial charge in [0.05, 0.1) is 7.11 Å². The molecule has 2 aromatic rings. The van der Waals surface area contributed by atoms with E-state index in [1.807, 2.05) is 36.2 Å². The SMILES string of the molecule is COc1ccc(CNC(=S)N(C)Cc2ccc(C)cc2)cc1. The normalized spacial score (nSPS) is 10.1. The van der Waals surface area contributed by atoms with Crippen LogP contribution in [-0.4, -0.2) is 24.2 Å². The monoisotopic (exact) mass is 314 g/mol. The zero-order chi connectivity index (χ0) is 15.9. The fourth-order valence-electron chi connectivity index (χ4n) is 2.10. The van der Waals surface area contributed by atoms with E-state index in [-0.39, 0.29) is 0 Å². The van der Waals surface area contributed by atoms with Gasteiger partial charge in [-0.05, 0) is 42.4 Å². The summed E-state index contributed by atoms with van der Waals surface area (Å²) in [4.78, 5) is 2.05. The Morgan fingerprint density at radius 3 is 2.23 bits per heavy atom. The molecule has 0 aliphatic carbocycles. The van der Waals surface area contributed by atoms with Gasteiger partial charge in [-0.25, -0.2) is 0 Å². The maximum atomic E-state index is 5.44. The first kappa shape index (κ1) is 16.3. The van der Waals surface area contributed by atoms with E-state index >= 15 is 0 Å². The number of thiocarbonyl (C=S) groups is 1. The molecule has 2 aromatic carbocycles. The van der Waals surface area contributed by atoms with E-state index < -0.39 is 0 Å². The van der Waals surface area contributed by atoms with Gasteiger partial charge in [-0.2, -0.15) is 0 Å². The van der Waals surface area contributed by atoms with Crippen molar-refractivity contribution in [3.8, 4) is 5.75 Å². The first-order chi connectivity index (χ1) is 10.6. The molecular formula is C18H22N2OS. The van der Waals surface area contributed by atoms with Crippen molar-refractivity contribution in [3.63, 3.8) is 0 Å². The molecule has 0 spiro atoms. The van der Waals surface area contributed by atoms with Gasteiger partial charge in [-0.15, -0.1) is 0 Å². The quantitative estimate of drug-likeness (QED) is 0.854. The highest BCUT2D eigenvalue weighted by Crippen LogP contribution is 2.11. The number of ether oxygens (including phenoxy) is 1. The Morgan fingerprint density at radius 1 is 1.05 bits per heavy atom. The molecule has 0 amide bonds. The van der Waals surface area contributed by atoms with Crippen molar-refractivity contribution >= 4 is 17.3 Å². The van der Waals surface area contributed by atoms with E-state index in [2.05, 4.69) is 36.5 Å². The van der Waals surface area contributed by atoms with Gasteiger partial charge < -0.3 is 15.0 Å². The van der Waals surface area contributed by atoms with Gasteiger partial charge in [0.2, 0.25) is 0 Å². The van der Waals surface area contributed by atoms with E-state index in [9.17, 15) is 0 Å². The van der Waals surface area contributed by atoms with E-state index in [4.69, 9.17) is 17.0 Å². The first-order valence-electron chi connectivity index (χ1n) is 7.26. The van der Waals surface area contributed by atoms with Crippen LogP contribution in [0.5, 0.6) is 5.75 Å². The van der Waals surface area contributed by atoms with E-state index in [0.29, 0.717) is 6.54 Å². The maximum Gasteiger partial charge on any atom is 0.169 e. The molecule has 116 valence electrons. The van der Waals surface area contributed by atoms with Crippen LogP contribution in [0.1, 0.15) is 16.7 Å². The Bertz CT molecular complexity index is 608. The van der Waals surface area contributed by atoms with Gasteiger partial charge in [0.25, 0.3) is 0 Å². The molecule has 0 radical (unpaired) electrons. The van der Waals surface area contributed by atoms with Crippen molar-refractivity contribution in [3.05, 3.63) is 65.2 Å². The van der Waals surface area contributed by atoms with Crippen LogP contribution in [0.4, 0.5) is 0 Å². The van der Waals surface area contributed by atoms with Crippen molar-refractivity contribution in [2.45, 2.75) is 20.0 Å². The molecule has 0 aliphatic rings. The number of nitrogens with zero attached hydrogens (tertiary/aromatic N) is 1. The van der Waals surface area contributed by atoms with Crippen LogP contribution in [-0.2, 0) is 13.1 Å². The van der Waals surface area contributed by atoms with Crippen molar-refractivity contribution < 1.29 is 4.74 Å². The lowest BCUT2D eigenvalue weighted by Gasteiger charge is -2.21. The van der Waals surface area contributed by atoms with Gasteiger partial charge in [-0.3, -0.25) is 0 Å². The summed E-state index contributed by atoms with van der Waals surface area (Å²) in [6.07, 6.45) is 0. The molecule has 0 atom stereocenters. The highest BCUT2D eigenvalue weighted by atomic mass is 32.1. The third-order valence-corrected chi connectivity index (χ3v) is 3.95. The number of nitrogens with one attached hydrogen (secondary N) is 1. The number of hydrogen-bond acceptors (Lipinski definition) is 2. The topological polar surface area (TPSA) is 24.5 Å². The Labute approximate surface area is 137 Å². The molecule has 0 fully saturated rings. The number of hydrogen-bond donors (Lipinski definition) is 1. The standard InChI is InChI=1S/C18H22N2OS/c1-14-4-6-16(7-5-14)13-20(2)18(22)19-12-15-8-10-17(21-3)11-9-15/h4-11H,12-13H2,1-3H3,(H,19,22). The summed E-state index contributed by atoms with van der Waals surface area (Å²) >= 11 is 5.44. The summed E-state index contributed by atoms with van der Waals surface area (Å²) < 4.78 is 5.15. The summed E-state index contributed by atoms with van der Waals surface area (Å²) in [7, 11) is 3.67. The fourth-order valence-corrected chi connectivity index (χ4v) is 2.23. The molecule has 0 bridgehead atoms. The van der Waals surface area contributed by atoms with Crippen LogP contribution in [0.3, 0.4) is 0 Å². The molecule has 22 heavy (non-hydrogen) atoms. The lowest BCUT2D eigenvalue weighted by molar-refractivity contribution is 0.414. The predicted molar refractivity (Wildman–Crippen MR) is 95.1 cm³/mol. The summed E-state index contributed by atoms with van der Waals surface area (Å²) in [6.45, 7) is 3.60. The molecular weight excluding hydrogens is 292 g/mol. The van der Waals surface area contributed by atoms with E-state index in [1.165, 1.54) is 16.7 Å². The second-order valence-electron chi connectivity index (χ2n) is 5.35. The van der Waals surface area contributed by atoms with Gasteiger partial charge in [0, 0.05) is 20.1 Å².